The minimum atomic E-state index is -0.443. The van der Waals surface area contributed by atoms with Gasteiger partial charge >= 0.3 is 0 Å². The molecule has 4 heteroatoms. The number of carbonyl (C=O) groups excluding carboxylic acids is 2. The van der Waals surface area contributed by atoms with E-state index in [1.54, 1.807) is 12.1 Å². The van der Waals surface area contributed by atoms with Gasteiger partial charge in [0, 0.05) is 0 Å². The predicted octanol–water partition coefficient (Wildman–Crippen LogP) is 2.19. The summed E-state index contributed by atoms with van der Waals surface area (Å²) in [5.74, 6) is -0.951. The Morgan fingerprint density at radius 1 is 0.895 bits per heavy atom. The summed E-state index contributed by atoms with van der Waals surface area (Å²) < 4.78 is 0. The lowest BCUT2D eigenvalue weighted by atomic mass is 10.1. The number of phenols is 1. The summed E-state index contributed by atoms with van der Waals surface area (Å²) in [5, 5.41) is 9.70. The molecule has 0 bridgehead atoms. The summed E-state index contributed by atoms with van der Waals surface area (Å²) >= 11 is 0. The summed E-state index contributed by atoms with van der Waals surface area (Å²) in [6, 6.07) is 13.8. The summed E-state index contributed by atoms with van der Waals surface area (Å²) in [4.78, 5) is 25.5. The van der Waals surface area contributed by atoms with Crippen LogP contribution in [0.5, 0.6) is 5.75 Å². The van der Waals surface area contributed by atoms with Crippen molar-refractivity contribution in [3.63, 3.8) is 0 Å². The van der Waals surface area contributed by atoms with Crippen molar-refractivity contribution < 1.29 is 14.7 Å². The van der Waals surface area contributed by atoms with Crippen molar-refractivity contribution in [1.29, 1.82) is 0 Å². The molecular formula is C15H11NO3. The number of hydrogen-bond acceptors (Lipinski definition) is 3. The highest BCUT2D eigenvalue weighted by atomic mass is 16.3. The predicted molar refractivity (Wildman–Crippen MR) is 68.8 cm³/mol. The standard InChI is InChI=1S/C15H11NO3/c17-12-8-4-7-11-13(12)15(19)16(14(11)18)9-10-5-2-1-3-6-10/h1-8,17H,9H2. The van der Waals surface area contributed by atoms with Crippen LogP contribution in [0.4, 0.5) is 0 Å². The average molecular weight is 253 g/mol. The summed E-state index contributed by atoms with van der Waals surface area (Å²) in [6.07, 6.45) is 0. The van der Waals surface area contributed by atoms with Crippen LogP contribution >= 0.6 is 0 Å². The van der Waals surface area contributed by atoms with Gasteiger partial charge in [0.05, 0.1) is 17.7 Å². The molecule has 0 saturated carbocycles. The highest BCUT2D eigenvalue weighted by Gasteiger charge is 2.37. The molecule has 2 aromatic rings. The molecule has 4 nitrogen and oxygen atoms in total. The van der Waals surface area contributed by atoms with Crippen LogP contribution in [0.1, 0.15) is 26.3 Å². The molecule has 3 rings (SSSR count). The number of rotatable bonds is 2. The fourth-order valence-corrected chi connectivity index (χ4v) is 2.23. The summed E-state index contributed by atoms with van der Waals surface area (Å²) in [5.41, 5.74) is 1.24. The largest absolute Gasteiger partial charge is 0.507 e. The molecule has 94 valence electrons. The lowest BCUT2D eigenvalue weighted by Gasteiger charge is -2.13. The molecule has 1 N–H and O–H groups in total. The van der Waals surface area contributed by atoms with Crippen LogP contribution in [-0.2, 0) is 6.54 Å². The lowest BCUT2D eigenvalue weighted by Crippen LogP contribution is -2.29. The summed E-state index contributed by atoms with van der Waals surface area (Å²) in [7, 11) is 0. The van der Waals surface area contributed by atoms with Crippen LogP contribution in [0.3, 0.4) is 0 Å². The number of hydrogen-bond donors (Lipinski definition) is 1. The van der Waals surface area contributed by atoms with Gasteiger partial charge in [-0.1, -0.05) is 36.4 Å². The number of fused-ring (bicyclic) bond motifs is 1. The molecule has 19 heavy (non-hydrogen) atoms. The van der Waals surface area contributed by atoms with Gasteiger partial charge in [-0.2, -0.15) is 0 Å². The Morgan fingerprint density at radius 2 is 1.63 bits per heavy atom. The number of phenolic OH excluding ortho intramolecular Hbond substituents is 1. The second-order valence-electron chi connectivity index (χ2n) is 4.38. The Bertz CT molecular complexity index is 664. The van der Waals surface area contributed by atoms with Crippen molar-refractivity contribution in [3.05, 3.63) is 65.2 Å². The zero-order chi connectivity index (χ0) is 13.4. The number of nitrogens with zero attached hydrogens (tertiary/aromatic N) is 1. The first kappa shape index (κ1) is 11.5. The highest BCUT2D eigenvalue weighted by molar-refractivity contribution is 6.22. The quantitative estimate of drug-likeness (QED) is 0.834. The topological polar surface area (TPSA) is 57.6 Å². The molecule has 1 aliphatic heterocycles. The van der Waals surface area contributed by atoms with E-state index in [4.69, 9.17) is 0 Å². The fourth-order valence-electron chi connectivity index (χ4n) is 2.23. The van der Waals surface area contributed by atoms with Gasteiger partial charge in [0.15, 0.2) is 0 Å². The van der Waals surface area contributed by atoms with E-state index in [0.29, 0.717) is 0 Å². The van der Waals surface area contributed by atoms with E-state index in [1.165, 1.54) is 6.07 Å². The van der Waals surface area contributed by atoms with Crippen LogP contribution in [0.15, 0.2) is 48.5 Å². The number of aromatic hydroxyl groups is 1. The van der Waals surface area contributed by atoms with Gasteiger partial charge in [0.2, 0.25) is 0 Å². The Morgan fingerprint density at radius 3 is 2.32 bits per heavy atom. The molecule has 0 spiro atoms. The Kier molecular flexibility index (Phi) is 2.56. The van der Waals surface area contributed by atoms with E-state index in [0.717, 1.165) is 10.5 Å². The van der Waals surface area contributed by atoms with Gasteiger partial charge in [-0.3, -0.25) is 14.5 Å². The number of imide groups is 1. The van der Waals surface area contributed by atoms with Gasteiger partial charge in [-0.25, -0.2) is 0 Å². The smallest absolute Gasteiger partial charge is 0.265 e. The maximum atomic E-state index is 12.2. The molecule has 0 aromatic heterocycles. The maximum absolute atomic E-state index is 12.2. The number of benzene rings is 2. The highest BCUT2D eigenvalue weighted by Crippen LogP contribution is 2.30. The van der Waals surface area contributed by atoms with Crippen LogP contribution in [0.25, 0.3) is 0 Å². The molecule has 0 radical (unpaired) electrons. The Balaban J connectivity index is 1.97. The van der Waals surface area contributed by atoms with E-state index in [9.17, 15) is 14.7 Å². The molecule has 2 aromatic carbocycles. The summed E-state index contributed by atoms with van der Waals surface area (Å²) in [6.45, 7) is 0.215. The first-order valence-electron chi connectivity index (χ1n) is 5.90. The molecule has 1 heterocycles. The second-order valence-corrected chi connectivity index (χ2v) is 4.38. The van der Waals surface area contributed by atoms with E-state index in [1.807, 2.05) is 30.3 Å². The van der Waals surface area contributed by atoms with Gasteiger partial charge in [-0.15, -0.1) is 0 Å². The molecule has 1 aliphatic rings. The van der Waals surface area contributed by atoms with E-state index >= 15 is 0 Å². The first-order chi connectivity index (χ1) is 9.18. The maximum Gasteiger partial charge on any atom is 0.265 e. The van der Waals surface area contributed by atoms with Crippen molar-refractivity contribution >= 4 is 11.8 Å². The molecule has 0 saturated heterocycles. The Hall–Kier alpha value is -2.62. The molecule has 0 atom stereocenters. The monoisotopic (exact) mass is 253 g/mol. The van der Waals surface area contributed by atoms with Crippen LogP contribution in [0.2, 0.25) is 0 Å². The minimum Gasteiger partial charge on any atom is -0.507 e. The van der Waals surface area contributed by atoms with Crippen molar-refractivity contribution in [2.24, 2.45) is 0 Å². The molecule has 0 unspecified atom stereocenters. The third kappa shape index (κ3) is 1.78. The fraction of sp³-hybridized carbons (Fsp3) is 0.0667. The van der Waals surface area contributed by atoms with Crippen molar-refractivity contribution in [2.45, 2.75) is 6.54 Å². The molecule has 0 aliphatic carbocycles. The minimum absolute atomic E-state index is 0.100. The lowest BCUT2D eigenvalue weighted by molar-refractivity contribution is 0.0641. The van der Waals surface area contributed by atoms with Crippen LogP contribution in [-0.4, -0.2) is 21.8 Å². The third-order valence-electron chi connectivity index (χ3n) is 3.16. The normalized spacial score (nSPS) is 13.8. The van der Waals surface area contributed by atoms with Crippen LogP contribution in [0, 0.1) is 0 Å². The average Bonchev–Trinajstić information content (AvgIpc) is 2.66. The zero-order valence-corrected chi connectivity index (χ0v) is 10.0. The number of amides is 2. The SMILES string of the molecule is O=C1c2cccc(O)c2C(=O)N1Cc1ccccc1. The number of carbonyl (C=O) groups is 2. The van der Waals surface area contributed by atoms with Gasteiger partial charge in [-0.05, 0) is 17.7 Å². The van der Waals surface area contributed by atoms with E-state index in [2.05, 4.69) is 0 Å². The van der Waals surface area contributed by atoms with Crippen molar-refractivity contribution in [2.75, 3.05) is 0 Å². The van der Waals surface area contributed by atoms with Gasteiger partial charge in [0.25, 0.3) is 11.8 Å². The molecule has 0 fully saturated rings. The first-order valence-corrected chi connectivity index (χ1v) is 5.90. The zero-order valence-electron chi connectivity index (χ0n) is 10.0. The van der Waals surface area contributed by atoms with E-state index < -0.39 is 5.91 Å². The molecule has 2 amide bonds. The van der Waals surface area contributed by atoms with Gasteiger partial charge < -0.3 is 5.11 Å². The Labute approximate surface area is 109 Å². The van der Waals surface area contributed by atoms with Gasteiger partial charge in [0.1, 0.15) is 5.75 Å². The van der Waals surface area contributed by atoms with Crippen molar-refractivity contribution in [3.8, 4) is 5.75 Å². The van der Waals surface area contributed by atoms with E-state index in [-0.39, 0.29) is 29.3 Å². The third-order valence-corrected chi connectivity index (χ3v) is 3.16. The molecular weight excluding hydrogens is 242 g/mol. The van der Waals surface area contributed by atoms with Crippen molar-refractivity contribution in [1.82, 2.24) is 4.90 Å². The second kappa shape index (κ2) is 4.24. The van der Waals surface area contributed by atoms with Crippen LogP contribution < -0.4 is 0 Å².